The third-order valence-electron chi connectivity index (χ3n) is 4.95. The van der Waals surface area contributed by atoms with E-state index in [0.29, 0.717) is 43.2 Å². The molecule has 2 aromatic heterocycles. The van der Waals surface area contributed by atoms with Gasteiger partial charge in [0.05, 0.1) is 37.4 Å². The Morgan fingerprint density at radius 2 is 2.42 bits per heavy atom. The van der Waals surface area contributed by atoms with Gasteiger partial charge in [-0.25, -0.2) is 19.2 Å². The van der Waals surface area contributed by atoms with E-state index < -0.39 is 11.9 Å². The number of alkyl halides is 1. The van der Waals surface area contributed by atoms with Crippen LogP contribution in [0.5, 0.6) is 0 Å². The average Bonchev–Trinajstić information content (AvgIpc) is 3.20. The van der Waals surface area contributed by atoms with Crippen molar-refractivity contribution in [2.45, 2.75) is 11.4 Å². The molecule has 0 aromatic carbocycles. The SMILES string of the molecule is C=CCOC(=O)N1CCOCC1CNc1nc(-c2c[nH]c3c2=CC(Cl)CN=3)ncc1F. The minimum Gasteiger partial charge on any atom is -0.445 e. The summed E-state index contributed by atoms with van der Waals surface area (Å²) in [7, 11) is 0. The molecular weight excluding hydrogens is 427 g/mol. The van der Waals surface area contributed by atoms with Crippen LogP contribution in [0.1, 0.15) is 0 Å². The van der Waals surface area contributed by atoms with Crippen molar-refractivity contribution in [3.63, 3.8) is 0 Å². The van der Waals surface area contributed by atoms with Crippen LogP contribution in [0, 0.1) is 5.82 Å². The summed E-state index contributed by atoms with van der Waals surface area (Å²) >= 11 is 6.19. The smallest absolute Gasteiger partial charge is 0.410 e. The lowest BCUT2D eigenvalue weighted by Crippen LogP contribution is -2.52. The Morgan fingerprint density at radius 3 is 3.26 bits per heavy atom. The molecular formula is C20H22ClFN6O3. The molecule has 0 aliphatic carbocycles. The first kappa shape index (κ1) is 21.3. The van der Waals surface area contributed by atoms with Gasteiger partial charge in [-0.15, -0.1) is 11.6 Å². The van der Waals surface area contributed by atoms with E-state index in [-0.39, 0.29) is 30.4 Å². The van der Waals surface area contributed by atoms with Crippen LogP contribution in [-0.2, 0) is 9.47 Å². The fourth-order valence-electron chi connectivity index (χ4n) is 3.43. The predicted molar refractivity (Wildman–Crippen MR) is 113 cm³/mol. The van der Waals surface area contributed by atoms with Gasteiger partial charge in [-0.2, -0.15) is 0 Å². The quantitative estimate of drug-likeness (QED) is 0.506. The molecule has 1 fully saturated rings. The van der Waals surface area contributed by atoms with E-state index in [1.165, 1.54) is 6.08 Å². The van der Waals surface area contributed by atoms with Crippen LogP contribution >= 0.6 is 11.6 Å². The minimum atomic E-state index is -0.602. The topological polar surface area (TPSA) is 105 Å². The number of morpholine rings is 1. The molecule has 2 atom stereocenters. The predicted octanol–water partition coefficient (Wildman–Crippen LogP) is 1.07. The van der Waals surface area contributed by atoms with Crippen LogP contribution in [0.2, 0.25) is 0 Å². The van der Waals surface area contributed by atoms with Crippen molar-refractivity contribution in [3.8, 4) is 11.4 Å². The van der Waals surface area contributed by atoms with Crippen molar-refractivity contribution in [2.24, 2.45) is 4.99 Å². The number of halogens is 2. The number of anilines is 1. The Morgan fingerprint density at radius 1 is 1.55 bits per heavy atom. The molecule has 2 aliphatic heterocycles. The van der Waals surface area contributed by atoms with Crippen molar-refractivity contribution < 1.29 is 18.7 Å². The van der Waals surface area contributed by atoms with Gasteiger partial charge >= 0.3 is 6.09 Å². The number of hydrogen-bond donors (Lipinski definition) is 2. The van der Waals surface area contributed by atoms with Crippen LogP contribution in [-0.4, -0.2) is 76.8 Å². The number of hydrogen-bond acceptors (Lipinski definition) is 7. The lowest BCUT2D eigenvalue weighted by molar-refractivity contribution is -0.00265. The maximum Gasteiger partial charge on any atom is 0.410 e. The molecule has 0 bridgehead atoms. The van der Waals surface area contributed by atoms with E-state index in [1.54, 1.807) is 11.1 Å². The molecule has 9 nitrogen and oxygen atoms in total. The molecule has 4 heterocycles. The molecule has 1 amide bonds. The number of nitrogens with zero attached hydrogens (tertiary/aromatic N) is 4. The highest BCUT2D eigenvalue weighted by Gasteiger charge is 2.28. The number of aromatic amines is 1. The Bertz CT molecular complexity index is 1090. The van der Waals surface area contributed by atoms with Gasteiger partial charge in [-0.1, -0.05) is 18.7 Å². The summed E-state index contributed by atoms with van der Waals surface area (Å²) in [5, 5.41) is 3.54. The van der Waals surface area contributed by atoms with Crippen molar-refractivity contribution in [2.75, 3.05) is 44.8 Å². The van der Waals surface area contributed by atoms with E-state index in [4.69, 9.17) is 21.1 Å². The molecule has 4 rings (SSSR count). The summed E-state index contributed by atoms with van der Waals surface area (Å²) in [6.45, 7) is 5.46. The minimum absolute atomic E-state index is 0.0279. The van der Waals surface area contributed by atoms with Crippen LogP contribution in [0.3, 0.4) is 0 Å². The number of H-pyrrole nitrogens is 1. The summed E-state index contributed by atoms with van der Waals surface area (Å²) in [5.41, 5.74) is 1.38. The molecule has 31 heavy (non-hydrogen) atoms. The molecule has 1 saturated heterocycles. The molecule has 11 heteroatoms. The second kappa shape index (κ2) is 9.44. The average molecular weight is 449 g/mol. The number of carbonyl (C=O) groups excluding carboxylic acids is 1. The van der Waals surface area contributed by atoms with Crippen molar-refractivity contribution in [1.29, 1.82) is 0 Å². The fourth-order valence-corrected chi connectivity index (χ4v) is 3.63. The zero-order valence-corrected chi connectivity index (χ0v) is 17.4. The third kappa shape index (κ3) is 4.70. The monoisotopic (exact) mass is 448 g/mol. The number of carbonyl (C=O) groups is 1. The van der Waals surface area contributed by atoms with Gasteiger partial charge in [0, 0.05) is 30.1 Å². The number of rotatable bonds is 6. The van der Waals surface area contributed by atoms with E-state index in [9.17, 15) is 9.18 Å². The van der Waals surface area contributed by atoms with Gasteiger partial charge in [0.15, 0.2) is 17.5 Å². The molecule has 0 saturated carbocycles. The van der Waals surface area contributed by atoms with Gasteiger partial charge in [0.2, 0.25) is 0 Å². The highest BCUT2D eigenvalue weighted by atomic mass is 35.5. The number of nitrogens with one attached hydrogen (secondary N) is 2. The molecule has 2 unspecified atom stereocenters. The van der Waals surface area contributed by atoms with Gasteiger partial charge in [-0.3, -0.25) is 9.89 Å². The van der Waals surface area contributed by atoms with Gasteiger partial charge < -0.3 is 19.8 Å². The Kier molecular flexibility index (Phi) is 6.47. The van der Waals surface area contributed by atoms with Crippen molar-refractivity contribution in [3.05, 3.63) is 41.6 Å². The van der Waals surface area contributed by atoms with E-state index in [0.717, 1.165) is 11.4 Å². The normalized spacial score (nSPS) is 20.3. The molecule has 0 spiro atoms. The fraction of sp³-hybridized carbons (Fsp3) is 0.400. The first-order chi connectivity index (χ1) is 15.1. The highest BCUT2D eigenvalue weighted by Crippen LogP contribution is 2.17. The summed E-state index contributed by atoms with van der Waals surface area (Å²) in [5.74, 6) is -0.240. The zero-order valence-electron chi connectivity index (χ0n) is 16.7. The molecule has 2 aliphatic rings. The second-order valence-electron chi connectivity index (χ2n) is 7.05. The Hall–Kier alpha value is -2.98. The van der Waals surface area contributed by atoms with Gasteiger partial charge in [0.1, 0.15) is 12.1 Å². The van der Waals surface area contributed by atoms with Crippen LogP contribution in [0.15, 0.2) is 30.0 Å². The maximum absolute atomic E-state index is 14.4. The molecule has 2 aromatic rings. The standard InChI is InChI=1S/C20H22ClFN6O3/c1-2-4-31-20(29)28-3-5-30-11-13(28)8-24-19-16(22)10-26-18(27-19)15-9-25-17-14(15)6-12(21)7-23-17/h2,6,9-10,12-13H,1,3-5,7-8,11H2,(H,23,25)(H,24,26,27). The Balaban J connectivity index is 1.52. The van der Waals surface area contributed by atoms with E-state index in [1.807, 2.05) is 6.08 Å². The van der Waals surface area contributed by atoms with Crippen LogP contribution in [0.25, 0.3) is 17.5 Å². The molecule has 2 N–H and O–H groups in total. The van der Waals surface area contributed by atoms with Crippen LogP contribution in [0.4, 0.5) is 15.0 Å². The number of amides is 1. The number of fused-ring (bicyclic) bond motifs is 1. The molecule has 164 valence electrons. The Labute approximate surface area is 182 Å². The summed E-state index contributed by atoms with van der Waals surface area (Å²) in [6, 6.07) is -0.340. The summed E-state index contributed by atoms with van der Waals surface area (Å²) in [6.07, 6.45) is 5.74. The first-order valence-electron chi connectivity index (χ1n) is 9.83. The summed E-state index contributed by atoms with van der Waals surface area (Å²) < 4.78 is 25.0. The third-order valence-corrected chi connectivity index (χ3v) is 5.21. The highest BCUT2D eigenvalue weighted by molar-refractivity contribution is 6.24. The number of aromatic nitrogens is 3. The van der Waals surface area contributed by atoms with Gasteiger partial charge in [-0.05, 0) is 0 Å². The van der Waals surface area contributed by atoms with Crippen LogP contribution < -0.4 is 16.0 Å². The maximum atomic E-state index is 14.4. The lowest BCUT2D eigenvalue weighted by atomic mass is 10.2. The number of ether oxygens (including phenoxy) is 2. The van der Waals surface area contributed by atoms with Crippen molar-refractivity contribution >= 4 is 29.6 Å². The largest absolute Gasteiger partial charge is 0.445 e. The van der Waals surface area contributed by atoms with E-state index in [2.05, 4.69) is 31.8 Å². The first-order valence-corrected chi connectivity index (χ1v) is 10.3. The van der Waals surface area contributed by atoms with Gasteiger partial charge in [0.25, 0.3) is 0 Å². The molecule has 0 radical (unpaired) electrons. The zero-order chi connectivity index (χ0) is 21.8. The van der Waals surface area contributed by atoms with E-state index >= 15 is 0 Å². The summed E-state index contributed by atoms with van der Waals surface area (Å²) in [4.78, 5) is 29.7. The lowest BCUT2D eigenvalue weighted by Gasteiger charge is -2.34. The van der Waals surface area contributed by atoms with Crippen molar-refractivity contribution in [1.82, 2.24) is 19.9 Å². The second-order valence-corrected chi connectivity index (χ2v) is 7.61.